The van der Waals surface area contributed by atoms with E-state index in [4.69, 9.17) is 0 Å². The van der Waals surface area contributed by atoms with Crippen LogP contribution in [-0.2, 0) is 14.5 Å². The van der Waals surface area contributed by atoms with E-state index in [9.17, 15) is 18.1 Å². The van der Waals surface area contributed by atoms with Gasteiger partial charge in [0.05, 0.1) is 21.1 Å². The molecular formula is C7H13F3NO3+. The van der Waals surface area contributed by atoms with E-state index in [1.165, 1.54) is 0 Å². The number of quaternary nitrogens is 1. The third kappa shape index (κ3) is 5.03. The molecule has 0 atom stereocenters. The molecule has 0 aliphatic rings. The summed E-state index contributed by atoms with van der Waals surface area (Å²) in [6.07, 6.45) is -4.22. The van der Waals surface area contributed by atoms with Crippen LogP contribution in [0.5, 0.6) is 0 Å². The van der Waals surface area contributed by atoms with Crippen molar-refractivity contribution in [3.05, 3.63) is 0 Å². The van der Waals surface area contributed by atoms with Crippen LogP contribution in [0.15, 0.2) is 0 Å². The second kappa shape index (κ2) is 4.61. The third-order valence-electron chi connectivity index (χ3n) is 1.35. The van der Waals surface area contributed by atoms with E-state index in [-0.39, 0.29) is 13.2 Å². The van der Waals surface area contributed by atoms with Crippen LogP contribution in [0.3, 0.4) is 0 Å². The molecule has 0 fully saturated rings. The molecule has 14 heavy (non-hydrogen) atoms. The molecule has 0 unspecified atom stereocenters. The van der Waals surface area contributed by atoms with Gasteiger partial charge in [0.2, 0.25) is 0 Å². The Morgan fingerprint density at radius 2 is 1.86 bits per heavy atom. The molecule has 0 saturated heterocycles. The molecular weight excluding hydrogens is 203 g/mol. The molecule has 0 N–H and O–H groups in total. The SMILES string of the molecule is C[N+](C)(C)CCOC(F)(F)C(=O)OF. The first-order valence-electron chi connectivity index (χ1n) is 3.84. The largest absolute Gasteiger partial charge is 0.460 e. The Morgan fingerprint density at radius 3 is 2.21 bits per heavy atom. The van der Waals surface area contributed by atoms with Crippen molar-refractivity contribution in [2.75, 3.05) is 34.3 Å². The van der Waals surface area contributed by atoms with E-state index in [0.29, 0.717) is 4.48 Å². The van der Waals surface area contributed by atoms with Crippen molar-refractivity contribution in [1.82, 2.24) is 0 Å². The topological polar surface area (TPSA) is 35.5 Å². The Labute approximate surface area is 79.7 Å². The number of carbonyl (C=O) groups is 1. The van der Waals surface area contributed by atoms with Crippen LogP contribution in [0.2, 0.25) is 0 Å². The van der Waals surface area contributed by atoms with Gasteiger partial charge in [0.1, 0.15) is 13.2 Å². The van der Waals surface area contributed by atoms with Gasteiger partial charge in [0.25, 0.3) is 0 Å². The predicted molar refractivity (Wildman–Crippen MR) is 41.0 cm³/mol. The van der Waals surface area contributed by atoms with E-state index < -0.39 is 12.1 Å². The van der Waals surface area contributed by atoms with Gasteiger partial charge in [-0.05, 0) is 0 Å². The number of alkyl halides is 2. The van der Waals surface area contributed by atoms with Crippen molar-refractivity contribution >= 4 is 5.97 Å². The summed E-state index contributed by atoms with van der Waals surface area (Å²) in [4.78, 5) is 12.5. The fourth-order valence-electron chi connectivity index (χ4n) is 0.552. The second-order valence-electron chi connectivity index (χ2n) is 3.74. The van der Waals surface area contributed by atoms with Gasteiger partial charge in [-0.2, -0.15) is 8.78 Å². The normalized spacial score (nSPS) is 12.7. The van der Waals surface area contributed by atoms with Crippen LogP contribution < -0.4 is 0 Å². The molecule has 0 aromatic carbocycles. The van der Waals surface area contributed by atoms with Crippen molar-refractivity contribution < 1.29 is 32.3 Å². The molecule has 0 radical (unpaired) electrons. The van der Waals surface area contributed by atoms with Gasteiger partial charge >= 0.3 is 12.1 Å². The first kappa shape index (κ1) is 13.2. The molecule has 84 valence electrons. The number of nitrogens with zero attached hydrogens (tertiary/aromatic N) is 1. The molecule has 0 rings (SSSR count). The van der Waals surface area contributed by atoms with Gasteiger partial charge in [0.15, 0.2) is 0 Å². The highest BCUT2D eigenvalue weighted by Crippen LogP contribution is 2.17. The molecule has 0 aromatic heterocycles. The number of halogens is 3. The van der Waals surface area contributed by atoms with Crippen LogP contribution in [0.25, 0.3) is 0 Å². The zero-order valence-electron chi connectivity index (χ0n) is 8.22. The first-order chi connectivity index (χ1) is 6.19. The monoisotopic (exact) mass is 216 g/mol. The van der Waals surface area contributed by atoms with E-state index >= 15 is 0 Å². The summed E-state index contributed by atoms with van der Waals surface area (Å²) < 4.78 is 40.3. The smallest absolute Gasteiger partial charge is 0.329 e. The Morgan fingerprint density at radius 1 is 1.36 bits per heavy atom. The molecule has 0 heterocycles. The van der Waals surface area contributed by atoms with Crippen molar-refractivity contribution in [2.24, 2.45) is 0 Å². The maximum atomic E-state index is 12.4. The fourth-order valence-corrected chi connectivity index (χ4v) is 0.552. The lowest BCUT2D eigenvalue weighted by molar-refractivity contribution is -0.871. The molecule has 0 aliphatic carbocycles. The highest BCUT2D eigenvalue weighted by atomic mass is 19.3. The van der Waals surface area contributed by atoms with Crippen molar-refractivity contribution in [2.45, 2.75) is 6.11 Å². The van der Waals surface area contributed by atoms with E-state index in [1.807, 2.05) is 0 Å². The van der Waals surface area contributed by atoms with Gasteiger partial charge in [-0.25, -0.2) is 9.74 Å². The van der Waals surface area contributed by atoms with Crippen molar-refractivity contribution in [3.8, 4) is 0 Å². The van der Waals surface area contributed by atoms with E-state index in [2.05, 4.69) is 9.68 Å². The van der Waals surface area contributed by atoms with Crippen LogP contribution in [0.1, 0.15) is 0 Å². The number of hydrogen-bond acceptors (Lipinski definition) is 3. The number of hydrogen-bond donors (Lipinski definition) is 0. The first-order valence-corrected chi connectivity index (χ1v) is 3.84. The van der Waals surface area contributed by atoms with Crippen LogP contribution >= 0.6 is 0 Å². The van der Waals surface area contributed by atoms with Gasteiger partial charge in [-0.15, -0.1) is 0 Å². The average Bonchev–Trinajstić information content (AvgIpc) is 2.00. The number of likely N-dealkylation sites (N-methyl/N-ethyl adjacent to an activating group) is 1. The Balaban J connectivity index is 3.94. The number of rotatable bonds is 5. The van der Waals surface area contributed by atoms with E-state index in [1.54, 1.807) is 21.1 Å². The average molecular weight is 216 g/mol. The molecule has 4 nitrogen and oxygen atoms in total. The summed E-state index contributed by atoms with van der Waals surface area (Å²) >= 11 is 0. The predicted octanol–water partition coefficient (Wildman–Crippen LogP) is 0.730. The standard InChI is InChI=1S/C7H13F3NO3/c1-11(2,3)4-5-13-7(8,9)6(12)14-10/h4-5H2,1-3H3/q+1. The molecule has 0 saturated carbocycles. The van der Waals surface area contributed by atoms with Crippen LogP contribution in [-0.4, -0.2) is 50.9 Å². The number of ether oxygens (including phenoxy) is 1. The van der Waals surface area contributed by atoms with Crippen LogP contribution in [0.4, 0.5) is 13.3 Å². The number of carbonyl (C=O) groups excluding carboxylic acids is 1. The van der Waals surface area contributed by atoms with Gasteiger partial charge in [-0.1, -0.05) is 0 Å². The zero-order valence-corrected chi connectivity index (χ0v) is 8.22. The maximum absolute atomic E-state index is 12.4. The molecule has 0 bridgehead atoms. The van der Waals surface area contributed by atoms with Gasteiger partial charge in [-0.3, -0.25) is 0 Å². The lowest BCUT2D eigenvalue weighted by atomic mass is 10.5. The maximum Gasteiger partial charge on any atom is 0.460 e. The molecule has 0 aromatic rings. The zero-order chi connectivity index (χ0) is 11.4. The van der Waals surface area contributed by atoms with Gasteiger partial charge < -0.3 is 9.22 Å². The van der Waals surface area contributed by atoms with Crippen LogP contribution in [0, 0.1) is 0 Å². The Bertz CT molecular complexity index is 203. The quantitative estimate of drug-likeness (QED) is 0.635. The minimum atomic E-state index is -4.22. The third-order valence-corrected chi connectivity index (χ3v) is 1.35. The molecule has 0 spiro atoms. The minimum absolute atomic E-state index is 0.259. The Kier molecular flexibility index (Phi) is 4.34. The lowest BCUT2D eigenvalue weighted by Gasteiger charge is -2.24. The summed E-state index contributed by atoms with van der Waals surface area (Å²) in [5.74, 6) is -2.33. The highest BCUT2D eigenvalue weighted by Gasteiger charge is 2.44. The molecule has 0 amide bonds. The molecule has 7 heteroatoms. The van der Waals surface area contributed by atoms with E-state index in [0.717, 1.165) is 0 Å². The summed E-state index contributed by atoms with van der Waals surface area (Å²) in [7, 11) is 5.28. The van der Waals surface area contributed by atoms with Crippen molar-refractivity contribution in [1.29, 1.82) is 0 Å². The fraction of sp³-hybridized carbons (Fsp3) is 0.857. The van der Waals surface area contributed by atoms with Gasteiger partial charge in [0, 0.05) is 4.53 Å². The van der Waals surface area contributed by atoms with Crippen molar-refractivity contribution in [3.63, 3.8) is 0 Å². The Hall–Kier alpha value is -0.820. The summed E-state index contributed by atoms with van der Waals surface area (Å²) in [5.41, 5.74) is 0. The minimum Gasteiger partial charge on any atom is -0.329 e. The summed E-state index contributed by atoms with van der Waals surface area (Å²) in [6.45, 7) is -0.110. The second-order valence-corrected chi connectivity index (χ2v) is 3.74. The summed E-state index contributed by atoms with van der Waals surface area (Å²) in [5, 5.41) is 0. The highest BCUT2D eigenvalue weighted by molar-refractivity contribution is 5.75. The summed E-state index contributed by atoms with van der Waals surface area (Å²) in [6, 6.07) is 0. The lowest BCUT2D eigenvalue weighted by Crippen LogP contribution is -2.41. The molecule has 0 aliphatic heterocycles.